The van der Waals surface area contributed by atoms with E-state index in [0.29, 0.717) is 0 Å². The van der Waals surface area contributed by atoms with Crippen molar-refractivity contribution in [3.63, 3.8) is 0 Å². The molecule has 2 aromatic heterocycles. The van der Waals surface area contributed by atoms with E-state index in [9.17, 15) is 0 Å². The van der Waals surface area contributed by atoms with E-state index in [1.54, 1.807) is 0 Å². The van der Waals surface area contributed by atoms with Gasteiger partial charge in [-0.1, -0.05) is 121 Å². The average Bonchev–Trinajstić information content (AvgIpc) is 3.53. The van der Waals surface area contributed by atoms with Gasteiger partial charge in [0.25, 0.3) is 0 Å². The van der Waals surface area contributed by atoms with Crippen molar-refractivity contribution in [2.24, 2.45) is 0 Å². The molecule has 0 radical (unpaired) electrons. The Hall–Kier alpha value is -6.78. The molecule has 0 saturated carbocycles. The Balaban J connectivity index is 1.17. The standard InChI is InChI=1S/C47H34N4/c1-33(31-34-15-5-2-6-16-34)50-44-24-14-11-21-40(44)41-32-39(29-30-45(41)50)51(37-19-9-4-10-20-37)38-27-25-36(26-28-38)47-46(35-17-7-3-8-18-35)48-42-22-12-13-23-43(42)49-47/h2-32H,1H3/b33-31-. The first-order valence-corrected chi connectivity index (χ1v) is 17.3. The molecule has 0 aliphatic heterocycles. The van der Waals surface area contributed by atoms with E-state index in [4.69, 9.17) is 9.97 Å². The number of hydrogen-bond acceptors (Lipinski definition) is 3. The fraction of sp³-hybridized carbons (Fsp3) is 0.0213. The van der Waals surface area contributed by atoms with Crippen molar-refractivity contribution in [1.82, 2.24) is 14.5 Å². The molecule has 4 nitrogen and oxygen atoms in total. The van der Waals surface area contributed by atoms with Crippen molar-refractivity contribution in [1.29, 1.82) is 0 Å². The molecule has 0 spiro atoms. The molecule has 9 rings (SSSR count). The van der Waals surface area contributed by atoms with Crippen molar-refractivity contribution in [2.75, 3.05) is 4.90 Å². The molecular weight excluding hydrogens is 621 g/mol. The van der Waals surface area contributed by atoms with Crippen LogP contribution in [0.25, 0.3) is 67.1 Å². The molecule has 2 heterocycles. The Morgan fingerprint density at radius 3 is 1.67 bits per heavy atom. The molecule has 4 heteroatoms. The minimum absolute atomic E-state index is 0.867. The van der Waals surface area contributed by atoms with Crippen LogP contribution in [0.5, 0.6) is 0 Å². The largest absolute Gasteiger partial charge is 0.313 e. The normalized spacial score (nSPS) is 11.7. The highest BCUT2D eigenvalue weighted by Gasteiger charge is 2.18. The molecule has 0 aliphatic carbocycles. The molecule has 0 fully saturated rings. The van der Waals surface area contributed by atoms with Gasteiger partial charge in [-0.2, -0.15) is 0 Å². The number of allylic oxidation sites excluding steroid dienone is 1. The van der Waals surface area contributed by atoms with E-state index in [-0.39, 0.29) is 0 Å². The topological polar surface area (TPSA) is 34.0 Å². The van der Waals surface area contributed by atoms with Crippen LogP contribution >= 0.6 is 0 Å². The first-order chi connectivity index (χ1) is 25.2. The van der Waals surface area contributed by atoms with Gasteiger partial charge >= 0.3 is 0 Å². The van der Waals surface area contributed by atoms with Crippen LogP contribution in [0.4, 0.5) is 17.1 Å². The number of rotatable bonds is 7. The van der Waals surface area contributed by atoms with Crippen LogP contribution < -0.4 is 4.90 Å². The van der Waals surface area contributed by atoms with E-state index in [1.807, 2.05) is 42.5 Å². The summed E-state index contributed by atoms with van der Waals surface area (Å²) in [5.41, 5.74) is 13.5. The molecule has 9 aromatic rings. The minimum atomic E-state index is 0.867. The molecule has 0 N–H and O–H groups in total. The van der Waals surface area contributed by atoms with Crippen LogP contribution in [0.3, 0.4) is 0 Å². The van der Waals surface area contributed by atoms with Crippen molar-refractivity contribution in [3.05, 3.63) is 188 Å². The van der Waals surface area contributed by atoms with Crippen LogP contribution in [-0.4, -0.2) is 14.5 Å². The number of hydrogen-bond donors (Lipinski definition) is 0. The predicted octanol–water partition coefficient (Wildman–Crippen LogP) is 12.6. The molecule has 0 bridgehead atoms. The predicted molar refractivity (Wildman–Crippen MR) is 214 cm³/mol. The van der Waals surface area contributed by atoms with E-state index < -0.39 is 0 Å². The molecule has 242 valence electrons. The summed E-state index contributed by atoms with van der Waals surface area (Å²) in [4.78, 5) is 12.5. The zero-order valence-corrected chi connectivity index (χ0v) is 28.2. The number of para-hydroxylation sites is 4. The molecule has 7 aromatic carbocycles. The summed E-state index contributed by atoms with van der Waals surface area (Å²) in [7, 11) is 0. The molecule has 0 unspecified atom stereocenters. The highest BCUT2D eigenvalue weighted by atomic mass is 15.1. The Kier molecular flexibility index (Phi) is 7.67. The smallest absolute Gasteiger partial charge is 0.0973 e. The summed E-state index contributed by atoms with van der Waals surface area (Å²) in [6.45, 7) is 2.19. The monoisotopic (exact) mass is 654 g/mol. The Bertz CT molecular complexity index is 2680. The fourth-order valence-corrected chi connectivity index (χ4v) is 7.13. The van der Waals surface area contributed by atoms with Crippen LogP contribution in [0, 0.1) is 0 Å². The maximum absolute atomic E-state index is 5.14. The number of nitrogens with zero attached hydrogens (tertiary/aromatic N) is 4. The molecule has 0 atom stereocenters. The third-order valence-corrected chi connectivity index (χ3v) is 9.47. The zero-order valence-electron chi connectivity index (χ0n) is 28.2. The van der Waals surface area contributed by atoms with Crippen LogP contribution in [0.1, 0.15) is 12.5 Å². The summed E-state index contributed by atoms with van der Waals surface area (Å²) in [6.07, 6.45) is 2.25. The van der Waals surface area contributed by atoms with Gasteiger partial charge in [0.2, 0.25) is 0 Å². The highest BCUT2D eigenvalue weighted by Crippen LogP contribution is 2.41. The van der Waals surface area contributed by atoms with E-state index in [2.05, 4.69) is 162 Å². The summed E-state index contributed by atoms with van der Waals surface area (Å²) in [5.74, 6) is 0. The lowest BCUT2D eigenvalue weighted by atomic mass is 10.0. The molecule has 0 aliphatic rings. The maximum Gasteiger partial charge on any atom is 0.0973 e. The van der Waals surface area contributed by atoms with Gasteiger partial charge in [-0.05, 0) is 79.2 Å². The number of benzene rings is 7. The summed E-state index contributed by atoms with van der Waals surface area (Å²) in [5, 5.41) is 2.43. The quantitative estimate of drug-likeness (QED) is 0.171. The zero-order chi connectivity index (χ0) is 34.1. The second-order valence-electron chi connectivity index (χ2n) is 12.7. The second kappa shape index (κ2) is 12.9. The first-order valence-electron chi connectivity index (χ1n) is 17.3. The SMILES string of the molecule is C/C(=C/c1ccccc1)n1c2ccccc2c2cc(N(c3ccccc3)c3ccc(-c4nc5ccccc5nc4-c4ccccc4)cc3)ccc21. The Morgan fingerprint density at radius 2 is 0.980 bits per heavy atom. The summed E-state index contributed by atoms with van der Waals surface area (Å²) >= 11 is 0. The Morgan fingerprint density at radius 1 is 0.471 bits per heavy atom. The van der Waals surface area contributed by atoms with Gasteiger partial charge in [-0.25, -0.2) is 9.97 Å². The summed E-state index contributed by atoms with van der Waals surface area (Å²) in [6, 6.07) is 63.7. The van der Waals surface area contributed by atoms with Crippen LogP contribution in [0.15, 0.2) is 182 Å². The van der Waals surface area contributed by atoms with Crippen molar-refractivity contribution < 1.29 is 0 Å². The van der Waals surface area contributed by atoms with Gasteiger partial charge < -0.3 is 9.47 Å². The second-order valence-corrected chi connectivity index (χ2v) is 12.7. The maximum atomic E-state index is 5.14. The number of anilines is 3. The van der Waals surface area contributed by atoms with E-state index in [1.165, 1.54) is 33.1 Å². The molecular formula is C47H34N4. The van der Waals surface area contributed by atoms with Gasteiger partial charge in [-0.3, -0.25) is 0 Å². The van der Waals surface area contributed by atoms with Gasteiger partial charge in [-0.15, -0.1) is 0 Å². The van der Waals surface area contributed by atoms with Gasteiger partial charge in [0.05, 0.1) is 33.5 Å². The van der Waals surface area contributed by atoms with Crippen molar-refractivity contribution in [3.8, 4) is 22.5 Å². The van der Waals surface area contributed by atoms with E-state index >= 15 is 0 Å². The lowest BCUT2D eigenvalue weighted by Crippen LogP contribution is -2.09. The first kappa shape index (κ1) is 30.3. The third kappa shape index (κ3) is 5.63. The fourth-order valence-electron chi connectivity index (χ4n) is 7.13. The highest BCUT2D eigenvalue weighted by molar-refractivity contribution is 6.12. The van der Waals surface area contributed by atoms with Gasteiger partial charge in [0.15, 0.2) is 0 Å². The lowest BCUT2D eigenvalue weighted by molar-refractivity contribution is 1.21. The molecule has 51 heavy (non-hydrogen) atoms. The number of fused-ring (bicyclic) bond motifs is 4. The van der Waals surface area contributed by atoms with Crippen LogP contribution in [0.2, 0.25) is 0 Å². The van der Waals surface area contributed by atoms with Crippen molar-refractivity contribution >= 4 is 61.7 Å². The minimum Gasteiger partial charge on any atom is -0.313 e. The summed E-state index contributed by atoms with van der Waals surface area (Å²) < 4.78 is 2.37. The van der Waals surface area contributed by atoms with E-state index in [0.717, 1.165) is 50.6 Å². The lowest BCUT2D eigenvalue weighted by Gasteiger charge is -2.26. The Labute approximate surface area is 297 Å². The molecule has 0 saturated heterocycles. The molecule has 0 amide bonds. The number of aromatic nitrogens is 3. The average molecular weight is 655 g/mol. The van der Waals surface area contributed by atoms with Crippen molar-refractivity contribution in [2.45, 2.75) is 6.92 Å². The van der Waals surface area contributed by atoms with Gasteiger partial charge in [0, 0.05) is 44.7 Å². The van der Waals surface area contributed by atoms with Gasteiger partial charge in [0.1, 0.15) is 0 Å². The third-order valence-electron chi connectivity index (χ3n) is 9.47. The van der Waals surface area contributed by atoms with Crippen LogP contribution in [-0.2, 0) is 0 Å².